The van der Waals surface area contributed by atoms with Crippen molar-refractivity contribution in [3.05, 3.63) is 0 Å². The maximum Gasteiger partial charge on any atom is 2.00 e. The zero-order valence-electron chi connectivity index (χ0n) is 9.17. The maximum atomic E-state index is 9.90. The Labute approximate surface area is 131 Å². The SMILES string of the molecule is O.O=C([O-])[O-].O=C[C@H](O)[C@@H](O)[C@H](O)[C@H](O)CO.[Ca+2]. The zero-order valence-corrected chi connectivity index (χ0v) is 11.4. The van der Waals surface area contributed by atoms with Gasteiger partial charge in [-0.25, -0.2) is 0 Å². The minimum absolute atomic E-state index is 0. The van der Waals surface area contributed by atoms with Gasteiger partial charge in [-0.3, -0.25) is 0 Å². The van der Waals surface area contributed by atoms with E-state index >= 15 is 0 Å². The number of aldehydes is 1. The summed E-state index contributed by atoms with van der Waals surface area (Å²) in [6, 6.07) is 0. The van der Waals surface area contributed by atoms with E-state index in [0.717, 1.165) is 0 Å². The van der Waals surface area contributed by atoms with Crippen LogP contribution in [0.15, 0.2) is 0 Å². The van der Waals surface area contributed by atoms with Crippen molar-refractivity contribution in [2.75, 3.05) is 6.61 Å². The van der Waals surface area contributed by atoms with Crippen molar-refractivity contribution in [1.29, 1.82) is 0 Å². The van der Waals surface area contributed by atoms with Crippen LogP contribution in [0.3, 0.4) is 0 Å². The third-order valence-corrected chi connectivity index (χ3v) is 1.42. The first-order valence-corrected chi connectivity index (χ1v) is 3.94. The van der Waals surface area contributed by atoms with Crippen LogP contribution in [-0.4, -0.2) is 112 Å². The average Bonchev–Trinajstić information content (AvgIpc) is 2.24. The van der Waals surface area contributed by atoms with Gasteiger partial charge >= 0.3 is 37.7 Å². The molecular formula is C7H14CaO10. The summed E-state index contributed by atoms with van der Waals surface area (Å²) < 4.78 is 0. The number of carbonyl (C=O) groups is 2. The molecule has 0 aliphatic rings. The summed E-state index contributed by atoms with van der Waals surface area (Å²) in [5.74, 6) is 0. The molecule has 104 valence electrons. The fourth-order valence-electron chi connectivity index (χ4n) is 0.618. The Bertz CT molecular complexity index is 208. The van der Waals surface area contributed by atoms with E-state index in [1.165, 1.54) is 0 Å². The van der Waals surface area contributed by atoms with E-state index in [1.54, 1.807) is 0 Å². The second-order valence-corrected chi connectivity index (χ2v) is 2.61. The molecule has 0 aromatic rings. The number of hydrogen-bond donors (Lipinski definition) is 5. The Hall–Kier alpha value is -0.0403. The second kappa shape index (κ2) is 15.0. The van der Waals surface area contributed by atoms with E-state index in [9.17, 15) is 4.79 Å². The maximum absolute atomic E-state index is 9.90. The summed E-state index contributed by atoms with van der Waals surface area (Å²) in [4.78, 5) is 18.2. The molecule has 0 amide bonds. The van der Waals surface area contributed by atoms with Gasteiger partial charge < -0.3 is 50.8 Å². The van der Waals surface area contributed by atoms with Crippen LogP contribution in [0, 0.1) is 0 Å². The van der Waals surface area contributed by atoms with Crippen molar-refractivity contribution in [2.45, 2.75) is 24.4 Å². The van der Waals surface area contributed by atoms with Crippen molar-refractivity contribution >= 4 is 50.2 Å². The third-order valence-electron chi connectivity index (χ3n) is 1.42. The van der Waals surface area contributed by atoms with Crippen LogP contribution in [0.25, 0.3) is 0 Å². The molecule has 0 rings (SSSR count). The monoisotopic (exact) mass is 298 g/mol. The predicted molar refractivity (Wildman–Crippen MR) is 51.9 cm³/mol. The van der Waals surface area contributed by atoms with Crippen LogP contribution < -0.4 is 10.2 Å². The molecule has 10 nitrogen and oxygen atoms in total. The molecule has 4 atom stereocenters. The molecule has 0 spiro atoms. The van der Waals surface area contributed by atoms with Gasteiger partial charge in [-0.1, -0.05) is 0 Å². The van der Waals surface area contributed by atoms with Crippen LogP contribution in [-0.2, 0) is 4.79 Å². The van der Waals surface area contributed by atoms with Gasteiger partial charge in [0.15, 0.2) is 6.29 Å². The number of hydrogen-bond acceptors (Lipinski definition) is 9. The van der Waals surface area contributed by atoms with Crippen molar-refractivity contribution in [3.63, 3.8) is 0 Å². The standard InChI is InChI=1S/C6H12O6.CH2O3.Ca.H2O/c7-1-3(9)5(11)6(12)4(10)2-8;2-1(3)4;;/h1,3-6,8-12H,2H2;(H2,2,3,4);;1H2/q;;+2;/p-2/t3-,4+,5+,6+;;;/m0.../s1. The largest absolute Gasteiger partial charge is 2.00 e. The van der Waals surface area contributed by atoms with E-state index in [-0.39, 0.29) is 49.5 Å². The summed E-state index contributed by atoms with van der Waals surface area (Å²) in [5.41, 5.74) is 0. The number of carboxylic acid groups (broad SMARTS) is 2. The van der Waals surface area contributed by atoms with E-state index in [0.29, 0.717) is 0 Å². The molecular weight excluding hydrogens is 284 g/mol. The number of aliphatic hydroxyl groups excluding tert-OH is 5. The quantitative estimate of drug-likeness (QED) is 0.240. The summed E-state index contributed by atoms with van der Waals surface area (Å²) in [6.45, 7) is -0.760. The second-order valence-electron chi connectivity index (χ2n) is 2.61. The molecule has 0 fully saturated rings. The van der Waals surface area contributed by atoms with Gasteiger partial charge in [0.25, 0.3) is 0 Å². The Morgan fingerprint density at radius 3 is 1.67 bits per heavy atom. The Morgan fingerprint density at radius 1 is 1.11 bits per heavy atom. The summed E-state index contributed by atoms with van der Waals surface area (Å²) in [7, 11) is 0. The Balaban J connectivity index is -0.000000143. The van der Waals surface area contributed by atoms with Crippen LogP contribution >= 0.6 is 0 Å². The summed E-state index contributed by atoms with van der Waals surface area (Å²) >= 11 is 0. The molecule has 0 aromatic carbocycles. The van der Waals surface area contributed by atoms with Gasteiger partial charge in [0.1, 0.15) is 24.4 Å². The van der Waals surface area contributed by atoms with Crippen molar-refractivity contribution in [1.82, 2.24) is 0 Å². The molecule has 0 unspecified atom stereocenters. The third kappa shape index (κ3) is 14.0. The Kier molecular flexibility index (Phi) is 22.1. The van der Waals surface area contributed by atoms with Gasteiger partial charge in [0.05, 0.1) is 6.61 Å². The first kappa shape index (κ1) is 26.5. The summed E-state index contributed by atoms with van der Waals surface area (Å²) in [6.07, 6.45) is -9.17. The van der Waals surface area contributed by atoms with Crippen molar-refractivity contribution in [3.8, 4) is 0 Å². The molecule has 0 bridgehead atoms. The van der Waals surface area contributed by atoms with Crippen LogP contribution in [0.5, 0.6) is 0 Å². The molecule has 0 aliphatic heterocycles. The number of rotatable bonds is 5. The van der Waals surface area contributed by atoms with Gasteiger partial charge in [0.2, 0.25) is 0 Å². The van der Waals surface area contributed by atoms with E-state index < -0.39 is 37.2 Å². The zero-order chi connectivity index (χ0) is 13.3. The van der Waals surface area contributed by atoms with Crippen LogP contribution in [0.2, 0.25) is 0 Å². The Morgan fingerprint density at radius 2 is 1.44 bits per heavy atom. The minimum Gasteiger partial charge on any atom is -0.652 e. The van der Waals surface area contributed by atoms with Crippen LogP contribution in [0.4, 0.5) is 4.79 Å². The van der Waals surface area contributed by atoms with Gasteiger partial charge in [-0.05, 0) is 6.16 Å². The topological polar surface area (TPSA) is 213 Å². The summed E-state index contributed by atoms with van der Waals surface area (Å²) in [5, 5.41) is 60.2. The van der Waals surface area contributed by atoms with Gasteiger partial charge in [-0.2, -0.15) is 0 Å². The van der Waals surface area contributed by atoms with Crippen molar-refractivity contribution in [2.24, 2.45) is 0 Å². The molecule has 11 heteroatoms. The number of aliphatic hydroxyl groups is 5. The normalized spacial score (nSPS) is 15.4. The molecule has 0 heterocycles. The molecule has 0 aliphatic carbocycles. The number of carbonyl (C=O) groups excluding carboxylic acids is 2. The van der Waals surface area contributed by atoms with E-state index in [1.807, 2.05) is 0 Å². The van der Waals surface area contributed by atoms with E-state index in [4.69, 9.17) is 40.5 Å². The predicted octanol–water partition coefficient (Wildman–Crippen LogP) is -7.03. The van der Waals surface area contributed by atoms with E-state index in [2.05, 4.69) is 0 Å². The van der Waals surface area contributed by atoms with Crippen molar-refractivity contribution < 1.29 is 50.8 Å². The molecule has 0 radical (unpaired) electrons. The first-order valence-electron chi connectivity index (χ1n) is 3.94. The molecule has 0 saturated heterocycles. The van der Waals surface area contributed by atoms with Gasteiger partial charge in [0, 0.05) is 0 Å². The fraction of sp³-hybridized carbons (Fsp3) is 0.714. The molecule has 18 heavy (non-hydrogen) atoms. The minimum atomic E-state index is -2.33. The molecule has 0 aromatic heterocycles. The average molecular weight is 298 g/mol. The fourth-order valence-corrected chi connectivity index (χ4v) is 0.618. The van der Waals surface area contributed by atoms with Gasteiger partial charge in [-0.15, -0.1) is 0 Å². The van der Waals surface area contributed by atoms with Crippen LogP contribution in [0.1, 0.15) is 0 Å². The molecule has 7 N–H and O–H groups in total. The first-order chi connectivity index (χ1) is 7.27. The smallest absolute Gasteiger partial charge is 0.652 e. The molecule has 0 saturated carbocycles.